The first kappa shape index (κ1) is 17.5. The first-order chi connectivity index (χ1) is 12.2. The lowest BCUT2D eigenvalue weighted by atomic mass is 9.97. The van der Waals surface area contributed by atoms with Crippen LogP contribution in [-0.2, 0) is 4.74 Å². The van der Waals surface area contributed by atoms with Crippen LogP contribution in [0.2, 0.25) is 0 Å². The summed E-state index contributed by atoms with van der Waals surface area (Å²) in [4.78, 5) is 26.8. The number of ether oxygens (including phenoxy) is 2. The molecule has 1 saturated heterocycles. The van der Waals surface area contributed by atoms with E-state index in [1.165, 1.54) is 0 Å². The molecule has 0 spiro atoms. The van der Waals surface area contributed by atoms with Crippen LogP contribution < -0.4 is 15.4 Å². The van der Waals surface area contributed by atoms with E-state index in [4.69, 9.17) is 9.47 Å². The predicted octanol–water partition coefficient (Wildman–Crippen LogP) is 2.23. The Morgan fingerprint density at radius 2 is 2.24 bits per heavy atom. The molecule has 7 nitrogen and oxygen atoms in total. The molecule has 2 aliphatic heterocycles. The number of fused-ring (bicyclic) bond motifs is 2. The number of carbonyl (C=O) groups is 2. The van der Waals surface area contributed by atoms with Crippen LogP contribution in [0.4, 0.5) is 10.5 Å². The van der Waals surface area contributed by atoms with Crippen molar-refractivity contribution < 1.29 is 19.1 Å². The first-order valence-corrected chi connectivity index (χ1v) is 8.80. The van der Waals surface area contributed by atoms with Gasteiger partial charge in [-0.3, -0.25) is 4.79 Å². The molecule has 1 atom stereocenters. The van der Waals surface area contributed by atoms with Crippen LogP contribution in [-0.4, -0.2) is 56.3 Å². The summed E-state index contributed by atoms with van der Waals surface area (Å²) in [6, 6.07) is 5.12. The van der Waals surface area contributed by atoms with Crippen LogP contribution in [0.25, 0.3) is 0 Å². The molecule has 0 saturated carbocycles. The highest BCUT2D eigenvalue weighted by Gasteiger charge is 2.31. The van der Waals surface area contributed by atoms with Crippen molar-refractivity contribution in [1.29, 1.82) is 0 Å². The number of nitrogens with one attached hydrogen (secondary N) is 2. The maximum absolute atomic E-state index is 13.0. The van der Waals surface area contributed by atoms with E-state index in [0.29, 0.717) is 36.8 Å². The van der Waals surface area contributed by atoms with E-state index >= 15 is 0 Å². The minimum absolute atomic E-state index is 0.0113. The second-order valence-corrected chi connectivity index (χ2v) is 6.37. The molecule has 2 N–H and O–H groups in total. The lowest BCUT2D eigenvalue weighted by Gasteiger charge is -2.37. The molecule has 2 aliphatic rings. The zero-order valence-electron chi connectivity index (χ0n) is 14.5. The summed E-state index contributed by atoms with van der Waals surface area (Å²) in [7, 11) is 1.58. The summed E-state index contributed by atoms with van der Waals surface area (Å²) in [5, 5.41) is 5.44. The molecule has 25 heavy (non-hydrogen) atoms. The average Bonchev–Trinajstić information content (AvgIpc) is 2.61. The summed E-state index contributed by atoms with van der Waals surface area (Å²) in [5.41, 5.74) is 1.08. The van der Waals surface area contributed by atoms with Crippen LogP contribution in [0.5, 0.6) is 5.75 Å². The third-order valence-electron chi connectivity index (χ3n) is 4.66. The smallest absolute Gasteiger partial charge is 0.319 e. The molecule has 1 fully saturated rings. The predicted molar refractivity (Wildman–Crippen MR) is 94.1 cm³/mol. The topological polar surface area (TPSA) is 79.9 Å². The van der Waals surface area contributed by atoms with E-state index in [0.717, 1.165) is 32.2 Å². The van der Waals surface area contributed by atoms with Crippen LogP contribution in [0, 0.1) is 0 Å². The molecular formula is C18H25N3O4. The number of hydrogen-bond acceptors (Lipinski definition) is 4. The zero-order valence-corrected chi connectivity index (χ0v) is 14.5. The Labute approximate surface area is 147 Å². The van der Waals surface area contributed by atoms with Gasteiger partial charge in [-0.25, -0.2) is 4.79 Å². The zero-order chi connectivity index (χ0) is 17.6. The standard InChI is InChI=1S/C18H25N3O4/c1-24-11-8-19-18(23)20-13-5-6-16-15(12-13)17(22)21-9-3-2-4-14(21)7-10-25-16/h5-6,12,14H,2-4,7-11H2,1H3,(H2,19,20,23). The average molecular weight is 347 g/mol. The minimum Gasteiger partial charge on any atom is -0.493 e. The van der Waals surface area contributed by atoms with Crippen molar-refractivity contribution in [3.63, 3.8) is 0 Å². The van der Waals surface area contributed by atoms with Gasteiger partial charge in [0.05, 0.1) is 18.8 Å². The van der Waals surface area contributed by atoms with E-state index < -0.39 is 0 Å². The van der Waals surface area contributed by atoms with Gasteiger partial charge in [0.15, 0.2) is 0 Å². The van der Waals surface area contributed by atoms with Crippen molar-refractivity contribution in [3.05, 3.63) is 23.8 Å². The largest absolute Gasteiger partial charge is 0.493 e. The molecule has 0 radical (unpaired) electrons. The third-order valence-corrected chi connectivity index (χ3v) is 4.66. The summed E-state index contributed by atoms with van der Waals surface area (Å²) in [5.74, 6) is 0.571. The van der Waals surface area contributed by atoms with Gasteiger partial charge in [0.25, 0.3) is 5.91 Å². The normalized spacial score (nSPS) is 19.8. The van der Waals surface area contributed by atoms with E-state index in [1.807, 2.05) is 4.90 Å². The van der Waals surface area contributed by atoms with Crippen LogP contribution in [0.15, 0.2) is 18.2 Å². The molecule has 1 aromatic rings. The number of amides is 3. The lowest BCUT2D eigenvalue weighted by Crippen LogP contribution is -2.45. The number of urea groups is 1. The van der Waals surface area contributed by atoms with Gasteiger partial charge in [-0.05, 0) is 37.5 Å². The van der Waals surface area contributed by atoms with Crippen molar-refractivity contribution in [1.82, 2.24) is 10.2 Å². The van der Waals surface area contributed by atoms with E-state index in [-0.39, 0.29) is 18.0 Å². The quantitative estimate of drug-likeness (QED) is 0.819. The third kappa shape index (κ3) is 4.22. The Morgan fingerprint density at radius 1 is 1.36 bits per heavy atom. The highest BCUT2D eigenvalue weighted by Crippen LogP contribution is 2.30. The number of rotatable bonds is 4. The van der Waals surface area contributed by atoms with Gasteiger partial charge >= 0.3 is 6.03 Å². The molecule has 0 aliphatic carbocycles. The Balaban J connectivity index is 1.75. The Bertz CT molecular complexity index is 635. The summed E-state index contributed by atoms with van der Waals surface area (Å²) in [6.07, 6.45) is 4.10. The van der Waals surface area contributed by atoms with Gasteiger partial charge in [0.2, 0.25) is 0 Å². The van der Waals surface area contributed by atoms with Gasteiger partial charge in [0, 0.05) is 38.3 Å². The molecule has 136 valence electrons. The number of anilines is 1. The molecule has 2 heterocycles. The number of carbonyl (C=O) groups excluding carboxylic acids is 2. The van der Waals surface area contributed by atoms with E-state index in [9.17, 15) is 9.59 Å². The van der Waals surface area contributed by atoms with Crippen molar-refractivity contribution in [2.75, 3.05) is 38.7 Å². The van der Waals surface area contributed by atoms with E-state index in [1.54, 1.807) is 25.3 Å². The van der Waals surface area contributed by atoms with E-state index in [2.05, 4.69) is 10.6 Å². The van der Waals surface area contributed by atoms with Gasteiger partial charge in [0.1, 0.15) is 5.75 Å². The highest BCUT2D eigenvalue weighted by atomic mass is 16.5. The molecular weight excluding hydrogens is 322 g/mol. The molecule has 1 unspecified atom stereocenters. The second-order valence-electron chi connectivity index (χ2n) is 6.37. The maximum atomic E-state index is 13.0. The number of hydrogen-bond donors (Lipinski definition) is 2. The number of benzene rings is 1. The summed E-state index contributed by atoms with van der Waals surface area (Å²) >= 11 is 0. The van der Waals surface area contributed by atoms with Crippen molar-refractivity contribution in [2.24, 2.45) is 0 Å². The maximum Gasteiger partial charge on any atom is 0.319 e. The lowest BCUT2D eigenvalue weighted by molar-refractivity contribution is 0.0548. The molecule has 0 bridgehead atoms. The van der Waals surface area contributed by atoms with Crippen molar-refractivity contribution >= 4 is 17.6 Å². The molecule has 0 aromatic heterocycles. The molecule has 7 heteroatoms. The summed E-state index contributed by atoms with van der Waals surface area (Å²) < 4.78 is 10.7. The molecule has 1 aromatic carbocycles. The highest BCUT2D eigenvalue weighted by molar-refractivity contribution is 5.99. The fraction of sp³-hybridized carbons (Fsp3) is 0.556. The van der Waals surface area contributed by atoms with Gasteiger partial charge in [-0.1, -0.05) is 0 Å². The van der Waals surface area contributed by atoms with Gasteiger partial charge in [-0.15, -0.1) is 0 Å². The Kier molecular flexibility index (Phi) is 5.75. The monoisotopic (exact) mass is 347 g/mol. The minimum atomic E-state index is -0.327. The molecule has 3 amide bonds. The van der Waals surface area contributed by atoms with Crippen molar-refractivity contribution in [3.8, 4) is 5.75 Å². The fourth-order valence-electron chi connectivity index (χ4n) is 3.37. The van der Waals surface area contributed by atoms with Crippen molar-refractivity contribution in [2.45, 2.75) is 31.7 Å². The number of nitrogens with zero attached hydrogens (tertiary/aromatic N) is 1. The van der Waals surface area contributed by atoms with Crippen LogP contribution in [0.1, 0.15) is 36.0 Å². The Hall–Kier alpha value is -2.28. The summed E-state index contributed by atoms with van der Waals surface area (Å²) in [6.45, 7) is 2.26. The first-order valence-electron chi connectivity index (χ1n) is 8.80. The van der Waals surface area contributed by atoms with Gasteiger partial charge in [-0.2, -0.15) is 0 Å². The molecule has 3 rings (SSSR count). The Morgan fingerprint density at radius 3 is 3.08 bits per heavy atom. The fourth-order valence-corrected chi connectivity index (χ4v) is 3.37. The second kappa shape index (κ2) is 8.20. The van der Waals surface area contributed by atoms with Crippen LogP contribution in [0.3, 0.4) is 0 Å². The number of piperidine rings is 1. The van der Waals surface area contributed by atoms with Crippen LogP contribution >= 0.6 is 0 Å². The SMILES string of the molecule is COCCNC(=O)Nc1ccc2c(c1)C(=O)N1CCCCC1CCO2. The number of methoxy groups -OCH3 is 1. The van der Waals surface area contributed by atoms with Gasteiger partial charge < -0.3 is 25.0 Å².